The molecule has 3 heterocycles. The summed E-state index contributed by atoms with van der Waals surface area (Å²) in [5, 5.41) is 120. The van der Waals surface area contributed by atoms with Crippen LogP contribution in [0.15, 0.2) is 0 Å². The molecule has 3 aliphatic rings. The Hall–Kier alpha value is -1.21. The van der Waals surface area contributed by atoms with E-state index < -0.39 is 124 Å². The van der Waals surface area contributed by atoms with Crippen molar-refractivity contribution >= 4 is 5.91 Å². The molecule has 3 aliphatic heterocycles. The van der Waals surface area contributed by atoms with E-state index in [1.807, 2.05) is 0 Å². The monoisotopic (exact) mass is 998 g/mol. The van der Waals surface area contributed by atoms with E-state index in [2.05, 4.69) is 19.2 Å². The van der Waals surface area contributed by atoms with Crippen molar-refractivity contribution in [3.63, 3.8) is 0 Å². The number of carbonyl (C=O) groups excluding carboxylic acids is 1. The molecule has 19 nitrogen and oxygen atoms in total. The van der Waals surface area contributed by atoms with Crippen molar-refractivity contribution in [2.45, 2.75) is 285 Å². The molecule has 0 aromatic heterocycles. The minimum atomic E-state index is -1.97. The summed E-state index contributed by atoms with van der Waals surface area (Å²) in [6, 6.07) is -0.876. The van der Waals surface area contributed by atoms with Gasteiger partial charge >= 0.3 is 0 Å². The highest BCUT2D eigenvalue weighted by Gasteiger charge is 2.53. The van der Waals surface area contributed by atoms with Crippen LogP contribution in [-0.4, -0.2) is 193 Å². The molecule has 69 heavy (non-hydrogen) atoms. The van der Waals surface area contributed by atoms with Crippen LogP contribution < -0.4 is 5.32 Å². The molecule has 3 saturated heterocycles. The van der Waals surface area contributed by atoms with Crippen LogP contribution in [0.5, 0.6) is 0 Å². The largest absolute Gasteiger partial charge is 0.394 e. The van der Waals surface area contributed by atoms with E-state index in [-0.39, 0.29) is 18.9 Å². The van der Waals surface area contributed by atoms with Gasteiger partial charge in [0, 0.05) is 6.42 Å². The number of hydrogen-bond donors (Lipinski definition) is 12. The van der Waals surface area contributed by atoms with Crippen LogP contribution in [0.25, 0.3) is 0 Å². The van der Waals surface area contributed by atoms with Crippen molar-refractivity contribution in [3.8, 4) is 0 Å². The van der Waals surface area contributed by atoms with Crippen LogP contribution >= 0.6 is 0 Å². The maximum atomic E-state index is 13.1. The second-order valence-corrected chi connectivity index (χ2v) is 19.7. The van der Waals surface area contributed by atoms with Gasteiger partial charge in [-0.25, -0.2) is 0 Å². The Morgan fingerprint density at radius 2 is 0.826 bits per heavy atom. The number of amides is 1. The van der Waals surface area contributed by atoms with Crippen LogP contribution in [0.1, 0.15) is 181 Å². The zero-order valence-electron chi connectivity index (χ0n) is 41.8. The first kappa shape index (κ1) is 62.1. The molecule has 12 N–H and O–H groups in total. The summed E-state index contributed by atoms with van der Waals surface area (Å²) < 4.78 is 34.1. The fraction of sp³-hybridized carbons (Fsp3) is 0.980. The second-order valence-electron chi connectivity index (χ2n) is 19.7. The van der Waals surface area contributed by atoms with Crippen LogP contribution in [0, 0.1) is 0 Å². The number of aliphatic hydroxyl groups excluding tert-OH is 11. The van der Waals surface area contributed by atoms with Crippen LogP contribution in [0.3, 0.4) is 0 Å². The molecular weight excluding hydrogens is 903 g/mol. The van der Waals surface area contributed by atoms with Crippen LogP contribution in [0.2, 0.25) is 0 Å². The fourth-order valence-corrected chi connectivity index (χ4v) is 9.43. The molecule has 1 amide bonds. The van der Waals surface area contributed by atoms with Gasteiger partial charge in [0.15, 0.2) is 18.9 Å². The van der Waals surface area contributed by atoms with Gasteiger partial charge in [0.25, 0.3) is 0 Å². The SMILES string of the molecule is CCCCCCCCCCCCCCCCCCCC(O)C(COC1OC(CO)C(OC2OC(CO)C(OC3OC(CO)C(O)C(O)C3O)C(O)C2O)C(O)C1O)NC(=O)CCCCCCCCC. The van der Waals surface area contributed by atoms with E-state index in [1.54, 1.807) is 0 Å². The Balaban J connectivity index is 1.51. The minimum Gasteiger partial charge on any atom is -0.394 e. The lowest BCUT2D eigenvalue weighted by Crippen LogP contribution is -2.66. The Labute approximate surface area is 411 Å². The van der Waals surface area contributed by atoms with Crippen molar-refractivity contribution < 1.29 is 89.4 Å². The maximum Gasteiger partial charge on any atom is 0.220 e. The molecule has 0 radical (unpaired) electrons. The van der Waals surface area contributed by atoms with Crippen LogP contribution in [-0.2, 0) is 33.2 Å². The molecule has 0 aliphatic carbocycles. The second kappa shape index (κ2) is 35.9. The molecular formula is C50H95NO18. The molecule has 0 bridgehead atoms. The number of aliphatic hydroxyl groups is 11. The van der Waals surface area contributed by atoms with Crippen LogP contribution in [0.4, 0.5) is 0 Å². The third kappa shape index (κ3) is 21.7. The zero-order valence-corrected chi connectivity index (χ0v) is 41.8. The topological polar surface area (TPSA) is 307 Å². The standard InChI is InChI=1S/C50H95NO18/c1-3-5-7-9-11-12-13-14-15-16-17-18-19-20-22-23-25-27-34(55)33(51-38(56)28-26-24-21-10-8-6-4-2)32-64-48-44(62)41(59)46(36(30-53)66-48)69-50-45(63)42(60)47(37(31-54)67-50)68-49-43(61)40(58)39(57)35(29-52)65-49/h33-37,39-50,52-55,57-63H,3-32H2,1-2H3,(H,51,56). The number of rotatable bonds is 38. The minimum absolute atomic E-state index is 0.249. The third-order valence-corrected chi connectivity index (χ3v) is 13.9. The van der Waals surface area contributed by atoms with Crippen molar-refractivity contribution in [1.82, 2.24) is 5.32 Å². The Bertz CT molecular complexity index is 1290. The summed E-state index contributed by atoms with van der Waals surface area (Å²) in [4.78, 5) is 13.1. The predicted octanol–water partition coefficient (Wildman–Crippen LogP) is 2.48. The van der Waals surface area contributed by atoms with E-state index >= 15 is 0 Å². The highest BCUT2D eigenvalue weighted by molar-refractivity contribution is 5.76. The fourth-order valence-electron chi connectivity index (χ4n) is 9.43. The van der Waals surface area contributed by atoms with Crippen molar-refractivity contribution in [2.24, 2.45) is 0 Å². The first-order chi connectivity index (χ1) is 33.3. The van der Waals surface area contributed by atoms with E-state index in [0.29, 0.717) is 12.8 Å². The number of nitrogens with one attached hydrogen (secondary N) is 1. The Kier molecular flexibility index (Phi) is 32.3. The summed E-state index contributed by atoms with van der Waals surface area (Å²) in [5.74, 6) is -0.249. The predicted molar refractivity (Wildman–Crippen MR) is 254 cm³/mol. The first-order valence-corrected chi connectivity index (χ1v) is 26.8. The first-order valence-electron chi connectivity index (χ1n) is 26.8. The number of unbranched alkanes of at least 4 members (excludes halogenated alkanes) is 22. The highest BCUT2D eigenvalue weighted by Crippen LogP contribution is 2.33. The summed E-state index contributed by atoms with van der Waals surface area (Å²) in [7, 11) is 0. The number of carbonyl (C=O) groups is 1. The average Bonchev–Trinajstić information content (AvgIpc) is 3.34. The summed E-state index contributed by atoms with van der Waals surface area (Å²) in [6.07, 6.45) is 2.36. The molecule has 0 aromatic carbocycles. The van der Waals surface area contributed by atoms with Crippen molar-refractivity contribution in [1.29, 1.82) is 0 Å². The summed E-state index contributed by atoms with van der Waals surface area (Å²) >= 11 is 0. The molecule has 17 unspecified atom stereocenters. The van der Waals surface area contributed by atoms with Crippen molar-refractivity contribution in [3.05, 3.63) is 0 Å². The molecule has 3 fully saturated rings. The van der Waals surface area contributed by atoms with Gasteiger partial charge in [0.1, 0.15) is 73.2 Å². The molecule has 17 atom stereocenters. The lowest BCUT2D eigenvalue weighted by molar-refractivity contribution is -0.379. The Morgan fingerprint density at radius 3 is 1.26 bits per heavy atom. The summed E-state index contributed by atoms with van der Waals surface area (Å²) in [6.45, 7) is 1.72. The van der Waals surface area contributed by atoms with Crippen molar-refractivity contribution in [2.75, 3.05) is 26.4 Å². The quantitative estimate of drug-likeness (QED) is 0.0396. The Morgan fingerprint density at radius 1 is 0.464 bits per heavy atom. The maximum absolute atomic E-state index is 13.1. The van der Waals surface area contributed by atoms with E-state index in [0.717, 1.165) is 57.8 Å². The zero-order chi connectivity index (χ0) is 50.6. The molecule has 3 rings (SSSR count). The smallest absolute Gasteiger partial charge is 0.220 e. The molecule has 0 spiro atoms. The normalized spacial score (nSPS) is 32.8. The lowest BCUT2D eigenvalue weighted by Gasteiger charge is -2.48. The highest BCUT2D eigenvalue weighted by atomic mass is 16.8. The number of ether oxygens (including phenoxy) is 6. The van der Waals surface area contributed by atoms with Gasteiger partial charge in [0.2, 0.25) is 5.91 Å². The van der Waals surface area contributed by atoms with Gasteiger partial charge in [-0.3, -0.25) is 4.79 Å². The lowest BCUT2D eigenvalue weighted by atomic mass is 9.96. The van der Waals surface area contributed by atoms with Gasteiger partial charge in [0.05, 0.1) is 38.6 Å². The molecule has 408 valence electrons. The average molecular weight is 998 g/mol. The van der Waals surface area contributed by atoms with Gasteiger partial charge in [-0.05, 0) is 12.8 Å². The van der Waals surface area contributed by atoms with Gasteiger partial charge in [-0.15, -0.1) is 0 Å². The van der Waals surface area contributed by atoms with Gasteiger partial charge in [-0.1, -0.05) is 162 Å². The summed E-state index contributed by atoms with van der Waals surface area (Å²) in [5.41, 5.74) is 0. The molecule has 0 saturated carbocycles. The van der Waals surface area contributed by atoms with Gasteiger partial charge < -0.3 is 89.9 Å². The van der Waals surface area contributed by atoms with E-state index in [4.69, 9.17) is 28.4 Å². The van der Waals surface area contributed by atoms with E-state index in [9.17, 15) is 61.0 Å². The molecule has 0 aromatic rings. The molecule has 19 heteroatoms. The number of hydrogen-bond acceptors (Lipinski definition) is 18. The van der Waals surface area contributed by atoms with E-state index in [1.165, 1.54) is 89.9 Å². The van der Waals surface area contributed by atoms with Gasteiger partial charge in [-0.2, -0.15) is 0 Å². The third-order valence-electron chi connectivity index (χ3n) is 13.9.